The highest BCUT2D eigenvalue weighted by Gasteiger charge is 2.01. The smallest absolute Gasteiger partial charge is 0.135 e. The first-order valence-corrected chi connectivity index (χ1v) is 7.09. The average Bonchev–Trinajstić information content (AvgIpc) is 2.86. The molecule has 1 aromatic heterocycles. The Morgan fingerprint density at radius 3 is 2.95 bits per heavy atom. The lowest BCUT2D eigenvalue weighted by atomic mass is 10.2. The molecule has 0 radical (unpaired) electrons. The Kier molecular flexibility index (Phi) is 5.52. The van der Waals surface area contributed by atoms with Crippen LogP contribution >= 0.6 is 11.6 Å². The molecule has 0 fully saturated rings. The van der Waals surface area contributed by atoms with E-state index < -0.39 is 0 Å². The third-order valence-electron chi connectivity index (χ3n) is 2.84. The first-order valence-electron chi connectivity index (χ1n) is 6.55. The van der Waals surface area contributed by atoms with Gasteiger partial charge in [0.05, 0.1) is 12.1 Å². The lowest BCUT2D eigenvalue weighted by Crippen LogP contribution is -2.09. The fourth-order valence-corrected chi connectivity index (χ4v) is 1.89. The number of para-hydroxylation sites is 1. The van der Waals surface area contributed by atoms with Crippen molar-refractivity contribution in [1.29, 1.82) is 0 Å². The summed E-state index contributed by atoms with van der Waals surface area (Å²) in [6, 6.07) is 7.80. The molecule has 0 amide bonds. The number of benzene rings is 1. The fraction of sp³-hybridized carbons (Fsp3) is 0.312. The molecule has 4 heteroatoms. The second kappa shape index (κ2) is 7.62. The standard InChI is InChI=1S/C16H17ClN2O/c1-14-18-10-11-19(14)12-13-20-16-8-3-2-6-15(16)7-4-5-9-17/h2-3,6,8,10-11H,5,9,12-13H2,1H3. The van der Waals surface area contributed by atoms with Gasteiger partial charge >= 0.3 is 0 Å². The SMILES string of the molecule is Cc1nccn1CCOc1ccccc1C#CCCCl. The molecule has 1 aromatic carbocycles. The minimum absolute atomic E-state index is 0.552. The van der Waals surface area contributed by atoms with E-state index in [1.54, 1.807) is 6.20 Å². The minimum atomic E-state index is 0.552. The molecule has 20 heavy (non-hydrogen) atoms. The zero-order valence-corrected chi connectivity index (χ0v) is 12.2. The van der Waals surface area contributed by atoms with Gasteiger partial charge in [0.1, 0.15) is 18.2 Å². The van der Waals surface area contributed by atoms with Gasteiger partial charge in [0, 0.05) is 24.7 Å². The van der Waals surface area contributed by atoms with Crippen LogP contribution in [0.4, 0.5) is 0 Å². The molecule has 0 aliphatic carbocycles. The van der Waals surface area contributed by atoms with Crippen molar-refractivity contribution in [3.8, 4) is 17.6 Å². The summed E-state index contributed by atoms with van der Waals surface area (Å²) in [4.78, 5) is 4.18. The van der Waals surface area contributed by atoms with Crippen LogP contribution < -0.4 is 4.74 Å². The predicted molar refractivity (Wildman–Crippen MR) is 81.1 cm³/mol. The van der Waals surface area contributed by atoms with Gasteiger partial charge in [0.15, 0.2) is 0 Å². The van der Waals surface area contributed by atoms with Crippen molar-refractivity contribution in [3.05, 3.63) is 48.0 Å². The molecular formula is C16H17ClN2O. The van der Waals surface area contributed by atoms with Gasteiger partial charge in [0.25, 0.3) is 0 Å². The predicted octanol–water partition coefficient (Wildman–Crippen LogP) is 3.25. The van der Waals surface area contributed by atoms with Crippen molar-refractivity contribution in [2.75, 3.05) is 12.5 Å². The van der Waals surface area contributed by atoms with Crippen LogP contribution in [-0.2, 0) is 6.54 Å². The number of aryl methyl sites for hydroxylation is 1. The Hall–Kier alpha value is -1.92. The number of imidazole rings is 1. The first-order chi connectivity index (χ1) is 9.81. The largest absolute Gasteiger partial charge is 0.490 e. The number of hydrogen-bond acceptors (Lipinski definition) is 2. The monoisotopic (exact) mass is 288 g/mol. The van der Waals surface area contributed by atoms with Crippen molar-refractivity contribution in [2.45, 2.75) is 19.9 Å². The number of hydrogen-bond donors (Lipinski definition) is 0. The Labute approximate surface area is 124 Å². The van der Waals surface area contributed by atoms with Crippen molar-refractivity contribution >= 4 is 11.6 Å². The quantitative estimate of drug-likeness (QED) is 0.624. The third-order valence-corrected chi connectivity index (χ3v) is 3.03. The molecule has 0 saturated carbocycles. The number of aromatic nitrogens is 2. The molecule has 0 spiro atoms. The van der Waals surface area contributed by atoms with Crippen molar-refractivity contribution < 1.29 is 4.74 Å². The molecule has 3 nitrogen and oxygen atoms in total. The van der Waals surface area contributed by atoms with E-state index in [1.165, 1.54) is 0 Å². The van der Waals surface area contributed by atoms with Crippen molar-refractivity contribution in [3.63, 3.8) is 0 Å². The van der Waals surface area contributed by atoms with Crippen LogP contribution in [0, 0.1) is 18.8 Å². The Bertz CT molecular complexity index is 610. The van der Waals surface area contributed by atoms with Gasteiger partial charge in [-0.25, -0.2) is 4.98 Å². The van der Waals surface area contributed by atoms with E-state index >= 15 is 0 Å². The number of ether oxygens (including phenoxy) is 1. The average molecular weight is 289 g/mol. The normalized spacial score (nSPS) is 9.90. The van der Waals surface area contributed by atoms with Gasteiger partial charge in [-0.05, 0) is 19.1 Å². The van der Waals surface area contributed by atoms with E-state index in [1.807, 2.05) is 37.4 Å². The second-order valence-electron chi connectivity index (χ2n) is 4.25. The maximum atomic E-state index is 5.81. The lowest BCUT2D eigenvalue weighted by molar-refractivity contribution is 0.296. The van der Waals surface area contributed by atoms with Crippen LogP contribution in [0.1, 0.15) is 17.8 Å². The second-order valence-corrected chi connectivity index (χ2v) is 4.63. The highest BCUT2D eigenvalue weighted by molar-refractivity contribution is 6.18. The lowest BCUT2D eigenvalue weighted by Gasteiger charge is -2.09. The number of alkyl halides is 1. The van der Waals surface area contributed by atoms with Crippen molar-refractivity contribution in [2.24, 2.45) is 0 Å². The Morgan fingerprint density at radius 1 is 1.35 bits per heavy atom. The molecule has 2 aromatic rings. The molecule has 0 N–H and O–H groups in total. The molecule has 2 rings (SSSR count). The van der Waals surface area contributed by atoms with Crippen LogP contribution in [-0.4, -0.2) is 22.0 Å². The van der Waals surface area contributed by atoms with Crippen LogP contribution in [0.3, 0.4) is 0 Å². The minimum Gasteiger partial charge on any atom is -0.490 e. The van der Waals surface area contributed by atoms with E-state index in [0.717, 1.165) is 23.7 Å². The van der Waals surface area contributed by atoms with Crippen LogP contribution in [0.25, 0.3) is 0 Å². The van der Waals surface area contributed by atoms with E-state index in [2.05, 4.69) is 21.4 Å². The zero-order valence-electron chi connectivity index (χ0n) is 11.5. The first kappa shape index (κ1) is 14.5. The van der Waals surface area contributed by atoms with Gasteiger partial charge in [-0.15, -0.1) is 11.6 Å². The van der Waals surface area contributed by atoms with Gasteiger partial charge in [0.2, 0.25) is 0 Å². The summed E-state index contributed by atoms with van der Waals surface area (Å²) in [6.45, 7) is 3.34. The highest BCUT2D eigenvalue weighted by atomic mass is 35.5. The number of halogens is 1. The van der Waals surface area contributed by atoms with E-state index in [0.29, 0.717) is 18.9 Å². The number of rotatable bonds is 5. The van der Waals surface area contributed by atoms with Crippen LogP contribution in [0.2, 0.25) is 0 Å². The molecule has 0 atom stereocenters. The number of nitrogens with zero attached hydrogens (tertiary/aromatic N) is 2. The topological polar surface area (TPSA) is 27.1 Å². The van der Waals surface area contributed by atoms with Crippen LogP contribution in [0.5, 0.6) is 5.75 Å². The molecule has 1 heterocycles. The van der Waals surface area contributed by atoms with Gasteiger partial charge in [-0.2, -0.15) is 0 Å². The molecule has 0 bridgehead atoms. The molecule has 0 unspecified atom stereocenters. The summed E-state index contributed by atoms with van der Waals surface area (Å²) < 4.78 is 7.87. The zero-order chi connectivity index (χ0) is 14.2. The fourth-order valence-electron chi connectivity index (χ4n) is 1.79. The molecule has 0 aliphatic rings. The summed E-state index contributed by atoms with van der Waals surface area (Å²) in [6.07, 6.45) is 4.43. The molecule has 104 valence electrons. The van der Waals surface area contributed by atoms with Gasteiger partial charge in [-0.1, -0.05) is 24.0 Å². The Morgan fingerprint density at radius 2 is 2.20 bits per heavy atom. The molecular weight excluding hydrogens is 272 g/mol. The summed E-state index contributed by atoms with van der Waals surface area (Å²) >= 11 is 5.62. The Balaban J connectivity index is 1.96. The van der Waals surface area contributed by atoms with E-state index in [9.17, 15) is 0 Å². The third kappa shape index (κ3) is 4.04. The summed E-state index contributed by atoms with van der Waals surface area (Å²) in [5, 5.41) is 0. The van der Waals surface area contributed by atoms with E-state index in [4.69, 9.17) is 16.3 Å². The summed E-state index contributed by atoms with van der Waals surface area (Å²) in [5.41, 5.74) is 0.903. The van der Waals surface area contributed by atoms with Crippen LogP contribution in [0.15, 0.2) is 36.7 Å². The highest BCUT2D eigenvalue weighted by Crippen LogP contribution is 2.16. The summed E-state index contributed by atoms with van der Waals surface area (Å²) in [7, 11) is 0. The maximum absolute atomic E-state index is 5.81. The molecule has 0 aliphatic heterocycles. The molecule has 0 saturated heterocycles. The maximum Gasteiger partial charge on any atom is 0.135 e. The van der Waals surface area contributed by atoms with E-state index in [-0.39, 0.29) is 0 Å². The van der Waals surface area contributed by atoms with Crippen molar-refractivity contribution in [1.82, 2.24) is 9.55 Å². The summed E-state index contributed by atoms with van der Waals surface area (Å²) in [5.74, 6) is 8.47. The van der Waals surface area contributed by atoms with Gasteiger partial charge in [-0.3, -0.25) is 0 Å². The van der Waals surface area contributed by atoms with Gasteiger partial charge < -0.3 is 9.30 Å².